The zero-order valence-corrected chi connectivity index (χ0v) is 17.0. The average molecular weight is 395 g/mol. The van der Waals surface area contributed by atoms with Crippen LogP contribution in [0.1, 0.15) is 35.2 Å². The summed E-state index contributed by atoms with van der Waals surface area (Å²) >= 11 is 0. The zero-order valence-electron chi connectivity index (χ0n) is 17.0. The van der Waals surface area contributed by atoms with E-state index in [4.69, 9.17) is 9.47 Å². The molecule has 2 saturated heterocycles. The van der Waals surface area contributed by atoms with Gasteiger partial charge in [0.1, 0.15) is 18.5 Å². The molecular formula is C24H30N2O3. The number of amides is 1. The number of likely N-dealkylation sites (tertiary alicyclic amines) is 1. The van der Waals surface area contributed by atoms with E-state index < -0.39 is 0 Å². The molecule has 154 valence electrons. The highest BCUT2D eigenvalue weighted by Gasteiger charge is 2.21. The summed E-state index contributed by atoms with van der Waals surface area (Å²) < 4.78 is 12.0. The Kier molecular flexibility index (Phi) is 6.80. The number of hydrogen-bond acceptors (Lipinski definition) is 4. The molecule has 0 radical (unpaired) electrons. The summed E-state index contributed by atoms with van der Waals surface area (Å²) in [5, 5.41) is 0. The Morgan fingerprint density at radius 3 is 2.48 bits per heavy atom. The summed E-state index contributed by atoms with van der Waals surface area (Å²) in [4.78, 5) is 16.8. The van der Waals surface area contributed by atoms with Crippen molar-refractivity contribution in [1.29, 1.82) is 0 Å². The van der Waals surface area contributed by atoms with E-state index in [9.17, 15) is 4.79 Å². The minimum atomic E-state index is 0.0483. The van der Waals surface area contributed by atoms with Gasteiger partial charge in [-0.05, 0) is 49.1 Å². The van der Waals surface area contributed by atoms with E-state index in [1.165, 1.54) is 5.56 Å². The van der Waals surface area contributed by atoms with Crippen molar-refractivity contribution in [1.82, 2.24) is 9.80 Å². The van der Waals surface area contributed by atoms with Crippen LogP contribution in [-0.4, -0.2) is 61.2 Å². The van der Waals surface area contributed by atoms with Crippen LogP contribution in [0, 0.1) is 0 Å². The van der Waals surface area contributed by atoms with Crippen LogP contribution in [0.3, 0.4) is 0 Å². The van der Waals surface area contributed by atoms with Crippen LogP contribution in [0.25, 0.3) is 0 Å². The molecule has 0 aromatic heterocycles. The number of hydrogen-bond donors (Lipinski definition) is 0. The summed E-state index contributed by atoms with van der Waals surface area (Å²) in [6.45, 7) is 5.87. The van der Waals surface area contributed by atoms with Crippen molar-refractivity contribution in [2.24, 2.45) is 0 Å². The largest absolute Gasteiger partial charge is 0.491 e. The lowest BCUT2D eigenvalue weighted by molar-refractivity contribution is 0.0201. The third-order valence-electron chi connectivity index (χ3n) is 5.61. The molecule has 2 aliphatic rings. The van der Waals surface area contributed by atoms with E-state index in [0.717, 1.165) is 69.9 Å². The number of ether oxygens (including phenoxy) is 2. The van der Waals surface area contributed by atoms with Crippen molar-refractivity contribution >= 4 is 5.91 Å². The van der Waals surface area contributed by atoms with E-state index in [1.807, 2.05) is 29.2 Å². The monoisotopic (exact) mass is 394 g/mol. The third kappa shape index (κ3) is 5.58. The molecule has 0 N–H and O–H groups in total. The van der Waals surface area contributed by atoms with E-state index in [-0.39, 0.29) is 12.0 Å². The summed E-state index contributed by atoms with van der Waals surface area (Å²) in [5.41, 5.74) is 2.06. The molecule has 1 atom stereocenters. The van der Waals surface area contributed by atoms with Gasteiger partial charge in [-0.15, -0.1) is 0 Å². The van der Waals surface area contributed by atoms with Crippen LogP contribution >= 0.6 is 0 Å². The van der Waals surface area contributed by atoms with Gasteiger partial charge in [0.15, 0.2) is 0 Å². The molecule has 2 aliphatic heterocycles. The topological polar surface area (TPSA) is 42.0 Å². The smallest absolute Gasteiger partial charge is 0.253 e. The van der Waals surface area contributed by atoms with Crippen molar-refractivity contribution in [3.8, 4) is 5.75 Å². The zero-order chi connectivity index (χ0) is 19.9. The molecule has 5 nitrogen and oxygen atoms in total. The Morgan fingerprint density at radius 2 is 1.72 bits per heavy atom. The van der Waals surface area contributed by atoms with Gasteiger partial charge in [-0.3, -0.25) is 9.69 Å². The van der Waals surface area contributed by atoms with Crippen molar-refractivity contribution < 1.29 is 14.3 Å². The number of nitrogens with zero attached hydrogens (tertiary/aromatic N) is 2. The highest BCUT2D eigenvalue weighted by Crippen LogP contribution is 2.18. The van der Waals surface area contributed by atoms with Crippen LogP contribution in [0.4, 0.5) is 0 Å². The van der Waals surface area contributed by atoms with E-state index >= 15 is 0 Å². The second-order valence-electron chi connectivity index (χ2n) is 7.90. The fourth-order valence-corrected chi connectivity index (χ4v) is 4.04. The van der Waals surface area contributed by atoms with Gasteiger partial charge in [-0.25, -0.2) is 0 Å². The standard InChI is InChI=1S/C24H30N2O3/c27-24(26-14-4-5-15-26)21-9-11-22(12-10-21)29-19-23-18-25(13-6-16-28-23)17-20-7-2-1-3-8-20/h1-3,7-12,23H,4-6,13-19H2. The Bertz CT molecular complexity index is 772. The molecule has 4 rings (SSSR count). The normalized spacial score (nSPS) is 20.4. The first kappa shape index (κ1) is 19.9. The van der Waals surface area contributed by atoms with Gasteiger partial charge in [-0.2, -0.15) is 0 Å². The van der Waals surface area contributed by atoms with Gasteiger partial charge in [0.25, 0.3) is 5.91 Å². The van der Waals surface area contributed by atoms with E-state index in [2.05, 4.69) is 35.2 Å². The van der Waals surface area contributed by atoms with Crippen LogP contribution in [0.5, 0.6) is 5.75 Å². The molecule has 2 aromatic carbocycles. The molecule has 29 heavy (non-hydrogen) atoms. The minimum Gasteiger partial charge on any atom is -0.491 e. The number of rotatable bonds is 6. The van der Waals surface area contributed by atoms with Gasteiger partial charge < -0.3 is 14.4 Å². The second-order valence-corrected chi connectivity index (χ2v) is 7.90. The maximum Gasteiger partial charge on any atom is 0.253 e. The van der Waals surface area contributed by atoms with Crippen LogP contribution in [0.2, 0.25) is 0 Å². The molecule has 2 heterocycles. The Hall–Kier alpha value is -2.37. The van der Waals surface area contributed by atoms with Gasteiger partial charge >= 0.3 is 0 Å². The fraction of sp³-hybridized carbons (Fsp3) is 0.458. The predicted octanol–water partition coefficient (Wildman–Crippen LogP) is 3.59. The van der Waals surface area contributed by atoms with E-state index in [0.29, 0.717) is 6.61 Å². The highest BCUT2D eigenvalue weighted by molar-refractivity contribution is 5.94. The van der Waals surface area contributed by atoms with E-state index in [1.54, 1.807) is 0 Å². The second kappa shape index (κ2) is 9.90. The third-order valence-corrected chi connectivity index (χ3v) is 5.61. The van der Waals surface area contributed by atoms with Crippen molar-refractivity contribution in [2.75, 3.05) is 39.4 Å². The maximum absolute atomic E-state index is 12.4. The van der Waals surface area contributed by atoms with Crippen molar-refractivity contribution in [2.45, 2.75) is 31.9 Å². The lowest BCUT2D eigenvalue weighted by atomic mass is 10.2. The van der Waals surface area contributed by atoms with Crippen molar-refractivity contribution in [3.63, 3.8) is 0 Å². The minimum absolute atomic E-state index is 0.0483. The predicted molar refractivity (Wildman–Crippen MR) is 113 cm³/mol. The molecule has 5 heteroatoms. The Morgan fingerprint density at radius 1 is 0.966 bits per heavy atom. The first-order chi connectivity index (χ1) is 14.3. The molecule has 2 aromatic rings. The SMILES string of the molecule is O=C(c1ccc(OCC2CN(Cc3ccccc3)CCCO2)cc1)N1CCCC1. The maximum atomic E-state index is 12.4. The summed E-state index contributed by atoms with van der Waals surface area (Å²) in [6, 6.07) is 18.1. The van der Waals surface area contributed by atoms with Crippen LogP contribution in [-0.2, 0) is 11.3 Å². The highest BCUT2D eigenvalue weighted by atomic mass is 16.5. The van der Waals surface area contributed by atoms with Gasteiger partial charge in [0.05, 0.1) is 0 Å². The number of carbonyl (C=O) groups is 1. The van der Waals surface area contributed by atoms with Crippen LogP contribution < -0.4 is 4.74 Å². The van der Waals surface area contributed by atoms with Gasteiger partial charge in [0, 0.05) is 44.9 Å². The lowest BCUT2D eigenvalue weighted by Gasteiger charge is -2.24. The number of carbonyl (C=O) groups excluding carboxylic acids is 1. The van der Waals surface area contributed by atoms with Gasteiger partial charge in [0.2, 0.25) is 0 Å². The summed E-state index contributed by atoms with van der Waals surface area (Å²) in [7, 11) is 0. The molecule has 0 bridgehead atoms. The molecule has 0 saturated carbocycles. The molecule has 0 aliphatic carbocycles. The van der Waals surface area contributed by atoms with Crippen LogP contribution in [0.15, 0.2) is 54.6 Å². The molecule has 0 spiro atoms. The Labute approximate surface area is 173 Å². The quantitative estimate of drug-likeness (QED) is 0.751. The summed E-state index contributed by atoms with van der Waals surface area (Å²) in [5.74, 6) is 0.906. The number of benzene rings is 2. The first-order valence-corrected chi connectivity index (χ1v) is 10.7. The van der Waals surface area contributed by atoms with Gasteiger partial charge in [-0.1, -0.05) is 30.3 Å². The summed E-state index contributed by atoms with van der Waals surface area (Å²) in [6.07, 6.45) is 3.30. The molecule has 1 amide bonds. The molecular weight excluding hydrogens is 364 g/mol. The fourth-order valence-electron chi connectivity index (χ4n) is 4.04. The average Bonchev–Trinajstić information content (AvgIpc) is 3.21. The molecule has 1 unspecified atom stereocenters. The molecule has 2 fully saturated rings. The lowest BCUT2D eigenvalue weighted by Crippen LogP contribution is -2.34. The van der Waals surface area contributed by atoms with Crippen molar-refractivity contribution in [3.05, 3.63) is 65.7 Å². The Balaban J connectivity index is 1.28. The first-order valence-electron chi connectivity index (χ1n) is 10.7.